The van der Waals surface area contributed by atoms with Gasteiger partial charge >= 0.3 is 11.9 Å². The Balaban J connectivity index is 5.04. The number of hydrogen-bond donors (Lipinski definition) is 0. The summed E-state index contributed by atoms with van der Waals surface area (Å²) in [5, 5.41) is 0. The predicted molar refractivity (Wildman–Crippen MR) is 70.4 cm³/mol. The van der Waals surface area contributed by atoms with Crippen molar-refractivity contribution >= 4 is 17.7 Å². The van der Waals surface area contributed by atoms with E-state index in [0.29, 0.717) is 0 Å². The molecule has 0 bridgehead atoms. The molecule has 5 heteroatoms. The van der Waals surface area contributed by atoms with Gasteiger partial charge in [-0.15, -0.1) is 0 Å². The Bertz CT molecular complexity index is 372. The van der Waals surface area contributed by atoms with Crippen molar-refractivity contribution in [2.45, 2.75) is 34.6 Å². The van der Waals surface area contributed by atoms with Crippen LogP contribution in [0.1, 0.15) is 34.6 Å². The standard InChI is InChI=1S/C14H22O5/c1-6-18-12(16)9-8-10(3)14(5,11(4)15)13(17)19-7-2/h8-10H,6-7H2,1-5H3/b9-8+/t10-,14-/m1/s1. The van der Waals surface area contributed by atoms with Crippen LogP contribution >= 0.6 is 0 Å². The largest absolute Gasteiger partial charge is 0.465 e. The number of ether oxygens (including phenoxy) is 2. The van der Waals surface area contributed by atoms with Gasteiger partial charge in [0.1, 0.15) is 11.2 Å². The van der Waals surface area contributed by atoms with Crippen LogP contribution in [0.2, 0.25) is 0 Å². The average molecular weight is 270 g/mol. The molecule has 0 rings (SSSR count). The summed E-state index contributed by atoms with van der Waals surface area (Å²) in [7, 11) is 0. The molecule has 0 saturated heterocycles. The predicted octanol–water partition coefficient (Wildman–Crippen LogP) is 1.90. The highest BCUT2D eigenvalue weighted by molar-refractivity contribution is 6.02. The summed E-state index contributed by atoms with van der Waals surface area (Å²) in [6.45, 7) is 8.41. The number of allylic oxidation sites excluding steroid dienone is 1. The van der Waals surface area contributed by atoms with Gasteiger partial charge in [0.15, 0.2) is 0 Å². The lowest BCUT2D eigenvalue weighted by molar-refractivity contribution is -0.160. The Morgan fingerprint density at radius 3 is 2.11 bits per heavy atom. The molecule has 0 aliphatic rings. The highest BCUT2D eigenvalue weighted by atomic mass is 16.5. The van der Waals surface area contributed by atoms with Crippen LogP contribution in [-0.4, -0.2) is 30.9 Å². The van der Waals surface area contributed by atoms with Crippen molar-refractivity contribution in [2.24, 2.45) is 11.3 Å². The summed E-state index contributed by atoms with van der Waals surface area (Å²) in [6, 6.07) is 0. The molecule has 0 radical (unpaired) electrons. The lowest BCUT2D eigenvalue weighted by Gasteiger charge is -2.28. The van der Waals surface area contributed by atoms with Crippen molar-refractivity contribution in [3.05, 3.63) is 12.2 Å². The molecule has 0 N–H and O–H groups in total. The zero-order valence-electron chi connectivity index (χ0n) is 12.2. The molecule has 0 aromatic heterocycles. The Labute approximate surface area is 114 Å². The van der Waals surface area contributed by atoms with Crippen LogP contribution in [0.5, 0.6) is 0 Å². The molecule has 0 aromatic rings. The fourth-order valence-electron chi connectivity index (χ4n) is 1.54. The molecule has 108 valence electrons. The van der Waals surface area contributed by atoms with Crippen molar-refractivity contribution in [3.63, 3.8) is 0 Å². The second-order valence-electron chi connectivity index (χ2n) is 4.38. The fourth-order valence-corrected chi connectivity index (χ4v) is 1.54. The minimum Gasteiger partial charge on any atom is -0.465 e. The maximum absolute atomic E-state index is 11.9. The highest BCUT2D eigenvalue weighted by Crippen LogP contribution is 2.31. The monoisotopic (exact) mass is 270 g/mol. The van der Waals surface area contributed by atoms with Crippen molar-refractivity contribution < 1.29 is 23.9 Å². The second-order valence-corrected chi connectivity index (χ2v) is 4.38. The number of carbonyl (C=O) groups is 3. The van der Waals surface area contributed by atoms with Crippen molar-refractivity contribution in [1.82, 2.24) is 0 Å². The summed E-state index contributed by atoms with van der Waals surface area (Å²) in [4.78, 5) is 34.9. The van der Waals surface area contributed by atoms with E-state index < -0.39 is 23.3 Å². The first-order chi connectivity index (χ1) is 8.80. The molecule has 0 fully saturated rings. The van der Waals surface area contributed by atoms with Crippen LogP contribution in [0, 0.1) is 11.3 Å². The normalized spacial score (nSPS) is 15.6. The topological polar surface area (TPSA) is 69.7 Å². The van der Waals surface area contributed by atoms with E-state index in [1.54, 1.807) is 20.8 Å². The third kappa shape index (κ3) is 4.50. The molecule has 0 heterocycles. The van der Waals surface area contributed by atoms with Crippen LogP contribution < -0.4 is 0 Å². The van der Waals surface area contributed by atoms with E-state index in [4.69, 9.17) is 9.47 Å². The highest BCUT2D eigenvalue weighted by Gasteiger charge is 2.43. The first kappa shape index (κ1) is 17.4. The van der Waals surface area contributed by atoms with E-state index >= 15 is 0 Å². The third-order valence-electron chi connectivity index (χ3n) is 3.15. The molecular formula is C14H22O5. The summed E-state index contributed by atoms with van der Waals surface area (Å²) in [5.74, 6) is -1.84. The Hall–Kier alpha value is -1.65. The van der Waals surface area contributed by atoms with Crippen LogP contribution in [0.4, 0.5) is 0 Å². The van der Waals surface area contributed by atoms with Gasteiger partial charge in [0, 0.05) is 6.08 Å². The van der Waals surface area contributed by atoms with E-state index in [9.17, 15) is 14.4 Å². The van der Waals surface area contributed by atoms with Crippen LogP contribution in [0.15, 0.2) is 12.2 Å². The van der Waals surface area contributed by atoms with Gasteiger partial charge < -0.3 is 9.47 Å². The summed E-state index contributed by atoms with van der Waals surface area (Å²) >= 11 is 0. The molecule has 0 unspecified atom stereocenters. The van der Waals surface area contributed by atoms with E-state index in [1.165, 1.54) is 26.0 Å². The zero-order valence-corrected chi connectivity index (χ0v) is 12.2. The van der Waals surface area contributed by atoms with E-state index in [2.05, 4.69) is 0 Å². The van der Waals surface area contributed by atoms with Crippen LogP contribution in [0.3, 0.4) is 0 Å². The van der Waals surface area contributed by atoms with Gasteiger partial charge in [0.05, 0.1) is 13.2 Å². The van der Waals surface area contributed by atoms with Gasteiger partial charge in [0.2, 0.25) is 0 Å². The number of ketones is 1. The van der Waals surface area contributed by atoms with E-state index in [0.717, 1.165) is 0 Å². The van der Waals surface area contributed by atoms with Crippen molar-refractivity contribution in [1.29, 1.82) is 0 Å². The minimum absolute atomic E-state index is 0.204. The maximum atomic E-state index is 11.9. The molecule has 5 nitrogen and oxygen atoms in total. The SMILES string of the molecule is CCOC(=O)/C=C/[C@@H](C)[C@](C)(C(C)=O)C(=O)OCC. The second kappa shape index (κ2) is 7.71. The third-order valence-corrected chi connectivity index (χ3v) is 3.15. The number of esters is 2. The van der Waals surface area contributed by atoms with E-state index in [-0.39, 0.29) is 19.0 Å². The number of rotatable bonds is 7. The van der Waals surface area contributed by atoms with E-state index in [1.807, 2.05) is 0 Å². The summed E-state index contributed by atoms with van der Waals surface area (Å²) in [6.07, 6.45) is 2.73. The minimum atomic E-state index is -1.29. The first-order valence-electron chi connectivity index (χ1n) is 6.33. The van der Waals surface area contributed by atoms with Crippen LogP contribution in [0.25, 0.3) is 0 Å². The lowest BCUT2D eigenvalue weighted by Crippen LogP contribution is -2.41. The lowest BCUT2D eigenvalue weighted by atomic mass is 9.75. The molecule has 0 aliphatic carbocycles. The first-order valence-corrected chi connectivity index (χ1v) is 6.33. The van der Waals surface area contributed by atoms with Gasteiger partial charge in [-0.1, -0.05) is 13.0 Å². The number of carbonyl (C=O) groups excluding carboxylic acids is 3. The molecule has 2 atom stereocenters. The Morgan fingerprint density at radius 2 is 1.68 bits per heavy atom. The summed E-state index contributed by atoms with van der Waals surface area (Å²) in [5.41, 5.74) is -1.29. The molecule has 0 aliphatic heterocycles. The molecule has 19 heavy (non-hydrogen) atoms. The maximum Gasteiger partial charge on any atom is 0.330 e. The van der Waals surface area contributed by atoms with Gasteiger partial charge in [-0.05, 0) is 33.6 Å². The average Bonchev–Trinajstić information content (AvgIpc) is 2.35. The zero-order chi connectivity index (χ0) is 15.1. The Morgan fingerprint density at radius 1 is 1.16 bits per heavy atom. The number of Topliss-reactive ketones (excluding diaryl/α,β-unsaturated/α-hetero) is 1. The quantitative estimate of drug-likeness (QED) is 0.401. The van der Waals surface area contributed by atoms with Crippen molar-refractivity contribution in [2.75, 3.05) is 13.2 Å². The molecule has 0 aromatic carbocycles. The molecule has 0 amide bonds. The fraction of sp³-hybridized carbons (Fsp3) is 0.643. The van der Waals surface area contributed by atoms with Crippen LogP contribution in [-0.2, 0) is 23.9 Å². The van der Waals surface area contributed by atoms with Gasteiger partial charge in [-0.2, -0.15) is 0 Å². The molecule has 0 spiro atoms. The number of hydrogen-bond acceptors (Lipinski definition) is 5. The summed E-state index contributed by atoms with van der Waals surface area (Å²) < 4.78 is 9.68. The van der Waals surface area contributed by atoms with Gasteiger partial charge in [-0.3, -0.25) is 9.59 Å². The van der Waals surface area contributed by atoms with Gasteiger partial charge in [0.25, 0.3) is 0 Å². The Kier molecular flexibility index (Phi) is 7.04. The smallest absolute Gasteiger partial charge is 0.330 e. The van der Waals surface area contributed by atoms with Crippen molar-refractivity contribution in [3.8, 4) is 0 Å². The van der Waals surface area contributed by atoms with Gasteiger partial charge in [-0.25, -0.2) is 4.79 Å². The molecular weight excluding hydrogens is 248 g/mol. The molecule has 0 saturated carbocycles.